The molecule has 0 rings (SSSR count). The highest BCUT2D eigenvalue weighted by Gasteiger charge is 2.19. The lowest BCUT2D eigenvalue weighted by Crippen LogP contribution is -2.37. The third-order valence-electron chi connectivity index (χ3n) is 1.93. The van der Waals surface area contributed by atoms with Crippen LogP contribution in [0.1, 0.15) is 20.3 Å². The SMILES string of the molecule is C=CCN(CC(=O)OCC)C(=O)CC(=O)OCC. The largest absolute Gasteiger partial charge is 0.466 e. The number of hydrogen-bond donors (Lipinski definition) is 0. The van der Waals surface area contributed by atoms with Crippen molar-refractivity contribution >= 4 is 17.8 Å². The van der Waals surface area contributed by atoms with E-state index in [0.717, 1.165) is 0 Å². The summed E-state index contributed by atoms with van der Waals surface area (Å²) in [4.78, 5) is 35.4. The van der Waals surface area contributed by atoms with Gasteiger partial charge in [-0.25, -0.2) is 0 Å². The van der Waals surface area contributed by atoms with Crippen molar-refractivity contribution in [3.63, 3.8) is 0 Å². The number of rotatable bonds is 8. The maximum absolute atomic E-state index is 11.7. The number of hydrogen-bond acceptors (Lipinski definition) is 5. The Hall–Kier alpha value is -1.85. The summed E-state index contributed by atoms with van der Waals surface area (Å²) in [5.41, 5.74) is 0. The van der Waals surface area contributed by atoms with Gasteiger partial charge in [-0.2, -0.15) is 0 Å². The van der Waals surface area contributed by atoms with E-state index in [9.17, 15) is 14.4 Å². The van der Waals surface area contributed by atoms with Crippen molar-refractivity contribution in [1.29, 1.82) is 0 Å². The number of carbonyl (C=O) groups is 3. The molecule has 18 heavy (non-hydrogen) atoms. The Morgan fingerprint density at radius 1 is 1.11 bits per heavy atom. The Morgan fingerprint density at radius 3 is 2.17 bits per heavy atom. The van der Waals surface area contributed by atoms with Crippen LogP contribution in [0.25, 0.3) is 0 Å². The normalized spacial score (nSPS) is 9.44. The number of carbonyl (C=O) groups excluding carboxylic acids is 3. The van der Waals surface area contributed by atoms with Crippen molar-refractivity contribution in [2.75, 3.05) is 26.3 Å². The quantitative estimate of drug-likeness (QED) is 0.360. The van der Waals surface area contributed by atoms with Crippen LogP contribution in [-0.2, 0) is 23.9 Å². The van der Waals surface area contributed by atoms with Crippen LogP contribution in [0.4, 0.5) is 0 Å². The Balaban J connectivity index is 4.39. The summed E-state index contributed by atoms with van der Waals surface area (Å²) < 4.78 is 9.40. The Labute approximate surface area is 107 Å². The highest BCUT2D eigenvalue weighted by atomic mass is 16.5. The van der Waals surface area contributed by atoms with Crippen molar-refractivity contribution < 1.29 is 23.9 Å². The number of amides is 1. The van der Waals surface area contributed by atoms with Gasteiger partial charge in [0.1, 0.15) is 13.0 Å². The molecular formula is C12H19NO5. The van der Waals surface area contributed by atoms with Crippen LogP contribution in [0.3, 0.4) is 0 Å². The van der Waals surface area contributed by atoms with Gasteiger partial charge in [-0.05, 0) is 13.8 Å². The summed E-state index contributed by atoms with van der Waals surface area (Å²) in [5.74, 6) is -1.61. The van der Waals surface area contributed by atoms with Crippen molar-refractivity contribution in [2.45, 2.75) is 20.3 Å². The fraction of sp³-hybridized carbons (Fsp3) is 0.583. The Bertz CT molecular complexity index is 314. The zero-order chi connectivity index (χ0) is 14.0. The number of nitrogens with zero attached hydrogens (tertiary/aromatic N) is 1. The van der Waals surface area contributed by atoms with Crippen LogP contribution in [0.2, 0.25) is 0 Å². The molecule has 0 radical (unpaired) electrons. The van der Waals surface area contributed by atoms with E-state index in [2.05, 4.69) is 11.3 Å². The molecule has 6 heteroatoms. The molecule has 0 saturated carbocycles. The second-order valence-electron chi connectivity index (χ2n) is 3.35. The molecule has 0 aliphatic heterocycles. The molecule has 0 fully saturated rings. The van der Waals surface area contributed by atoms with E-state index < -0.39 is 17.8 Å². The van der Waals surface area contributed by atoms with Crippen LogP contribution in [0.15, 0.2) is 12.7 Å². The lowest BCUT2D eigenvalue weighted by Gasteiger charge is -2.19. The molecule has 0 heterocycles. The van der Waals surface area contributed by atoms with Crippen molar-refractivity contribution in [1.82, 2.24) is 4.90 Å². The molecule has 0 saturated heterocycles. The molecule has 0 N–H and O–H groups in total. The zero-order valence-electron chi connectivity index (χ0n) is 10.8. The van der Waals surface area contributed by atoms with Gasteiger partial charge in [-0.1, -0.05) is 6.08 Å². The topological polar surface area (TPSA) is 72.9 Å². The standard InChI is InChI=1S/C12H19NO5/c1-4-7-13(9-12(16)18-6-3)10(14)8-11(15)17-5-2/h4H,1,5-9H2,2-3H3. The molecule has 102 valence electrons. The van der Waals surface area contributed by atoms with Crippen LogP contribution in [0, 0.1) is 0 Å². The summed E-state index contributed by atoms with van der Waals surface area (Å²) >= 11 is 0. The molecule has 0 unspecified atom stereocenters. The summed E-state index contributed by atoms with van der Waals surface area (Å²) in [6, 6.07) is 0. The summed E-state index contributed by atoms with van der Waals surface area (Å²) in [6.07, 6.45) is 1.09. The predicted octanol–water partition coefficient (Wildman–Crippen LogP) is 0.517. The van der Waals surface area contributed by atoms with Gasteiger partial charge in [-0.15, -0.1) is 6.58 Å². The smallest absolute Gasteiger partial charge is 0.325 e. The fourth-order valence-electron chi connectivity index (χ4n) is 1.22. The lowest BCUT2D eigenvalue weighted by molar-refractivity contribution is -0.153. The van der Waals surface area contributed by atoms with Crippen molar-refractivity contribution in [3.05, 3.63) is 12.7 Å². The summed E-state index contributed by atoms with van der Waals surface area (Å²) in [6.45, 7) is 7.26. The third-order valence-corrected chi connectivity index (χ3v) is 1.93. The van der Waals surface area contributed by atoms with Gasteiger partial charge >= 0.3 is 11.9 Å². The molecule has 0 aliphatic rings. The van der Waals surface area contributed by atoms with E-state index in [1.165, 1.54) is 11.0 Å². The third kappa shape index (κ3) is 6.67. The van der Waals surface area contributed by atoms with E-state index in [0.29, 0.717) is 0 Å². The second kappa shape index (κ2) is 9.21. The van der Waals surface area contributed by atoms with E-state index in [4.69, 9.17) is 4.74 Å². The van der Waals surface area contributed by atoms with Crippen molar-refractivity contribution in [2.24, 2.45) is 0 Å². The molecule has 0 aromatic heterocycles. The zero-order valence-corrected chi connectivity index (χ0v) is 10.8. The van der Waals surface area contributed by atoms with Gasteiger partial charge in [0, 0.05) is 6.54 Å². The van der Waals surface area contributed by atoms with Crippen LogP contribution in [0.5, 0.6) is 0 Å². The minimum absolute atomic E-state index is 0.178. The van der Waals surface area contributed by atoms with Crippen LogP contribution < -0.4 is 0 Å². The molecule has 0 aromatic carbocycles. The molecule has 0 spiro atoms. The fourth-order valence-corrected chi connectivity index (χ4v) is 1.22. The number of esters is 2. The van der Waals surface area contributed by atoms with Gasteiger partial charge in [0.15, 0.2) is 0 Å². The lowest BCUT2D eigenvalue weighted by atomic mass is 10.3. The molecular weight excluding hydrogens is 238 g/mol. The minimum atomic E-state index is -0.611. The van der Waals surface area contributed by atoms with Crippen molar-refractivity contribution in [3.8, 4) is 0 Å². The highest BCUT2D eigenvalue weighted by molar-refractivity contribution is 5.95. The van der Waals surface area contributed by atoms with Crippen LogP contribution in [-0.4, -0.2) is 49.0 Å². The molecule has 0 aromatic rings. The summed E-state index contributed by atoms with van der Waals surface area (Å²) in [7, 11) is 0. The first-order chi connectivity index (χ1) is 8.54. The minimum Gasteiger partial charge on any atom is -0.466 e. The Kier molecular flexibility index (Phi) is 8.26. The average Bonchev–Trinajstić information content (AvgIpc) is 2.29. The molecule has 1 amide bonds. The van der Waals surface area contributed by atoms with Gasteiger partial charge in [0.25, 0.3) is 0 Å². The molecule has 0 atom stereocenters. The van der Waals surface area contributed by atoms with E-state index in [1.807, 2.05) is 0 Å². The molecule has 6 nitrogen and oxygen atoms in total. The monoisotopic (exact) mass is 257 g/mol. The van der Waals surface area contributed by atoms with E-state index in [1.54, 1.807) is 13.8 Å². The van der Waals surface area contributed by atoms with Gasteiger partial charge in [0.2, 0.25) is 5.91 Å². The average molecular weight is 257 g/mol. The number of ether oxygens (including phenoxy) is 2. The molecule has 0 aliphatic carbocycles. The van der Waals surface area contributed by atoms with Gasteiger partial charge in [-0.3, -0.25) is 14.4 Å². The maximum atomic E-state index is 11.7. The first kappa shape index (κ1) is 16.1. The van der Waals surface area contributed by atoms with Gasteiger partial charge < -0.3 is 14.4 Å². The first-order valence-electron chi connectivity index (χ1n) is 5.75. The highest BCUT2D eigenvalue weighted by Crippen LogP contribution is 1.98. The predicted molar refractivity (Wildman–Crippen MR) is 64.7 cm³/mol. The van der Waals surface area contributed by atoms with Crippen LogP contribution >= 0.6 is 0 Å². The maximum Gasteiger partial charge on any atom is 0.325 e. The van der Waals surface area contributed by atoms with Gasteiger partial charge in [0.05, 0.1) is 13.2 Å². The van der Waals surface area contributed by atoms with E-state index >= 15 is 0 Å². The Morgan fingerprint density at radius 2 is 1.67 bits per heavy atom. The first-order valence-corrected chi connectivity index (χ1v) is 5.75. The second-order valence-corrected chi connectivity index (χ2v) is 3.35. The molecule has 0 bridgehead atoms. The summed E-state index contributed by atoms with van der Waals surface area (Å²) in [5, 5.41) is 0. The van der Waals surface area contributed by atoms with E-state index in [-0.39, 0.29) is 32.7 Å².